The van der Waals surface area contributed by atoms with Gasteiger partial charge in [-0.1, -0.05) is 0 Å². The van der Waals surface area contributed by atoms with Crippen LogP contribution < -0.4 is 5.32 Å². The minimum atomic E-state index is -0.238. The molecule has 5 rings (SSSR count). The highest BCUT2D eigenvalue weighted by molar-refractivity contribution is 5.79. The Bertz CT molecular complexity index is 927. The van der Waals surface area contributed by atoms with Gasteiger partial charge in [-0.05, 0) is 44.4 Å². The van der Waals surface area contributed by atoms with Crippen LogP contribution in [0.2, 0.25) is 0 Å². The van der Waals surface area contributed by atoms with Crippen molar-refractivity contribution in [3.05, 3.63) is 29.3 Å². The summed E-state index contributed by atoms with van der Waals surface area (Å²) in [6.45, 7) is 8.14. The predicted octanol–water partition coefficient (Wildman–Crippen LogP) is 1.56. The number of nitrogens with one attached hydrogen (secondary N) is 2. The Labute approximate surface area is 169 Å². The fourth-order valence-electron chi connectivity index (χ4n) is 5.07. The molecule has 156 valence electrons. The number of aryl methyl sites for hydroxylation is 1. The summed E-state index contributed by atoms with van der Waals surface area (Å²) in [5, 5.41) is 3.12. The average Bonchev–Trinajstić information content (AvgIpc) is 3.11. The zero-order chi connectivity index (χ0) is 20.2. The van der Waals surface area contributed by atoms with Crippen LogP contribution in [0.5, 0.6) is 0 Å². The number of hydrogen-bond acceptors (Lipinski definition) is 5. The van der Waals surface area contributed by atoms with Crippen molar-refractivity contribution in [3.63, 3.8) is 0 Å². The zero-order valence-electron chi connectivity index (χ0n) is 17.0. The summed E-state index contributed by atoms with van der Waals surface area (Å²) >= 11 is 0. The van der Waals surface area contributed by atoms with Crippen LogP contribution in [0.4, 0.5) is 4.39 Å². The highest BCUT2D eigenvalue weighted by Gasteiger charge is 2.42. The molecule has 2 aromatic rings. The second-order valence-electron chi connectivity index (χ2n) is 9.16. The molecule has 3 fully saturated rings. The predicted molar refractivity (Wildman–Crippen MR) is 107 cm³/mol. The van der Waals surface area contributed by atoms with E-state index >= 15 is 0 Å². The molecule has 0 saturated carbocycles. The van der Waals surface area contributed by atoms with E-state index in [-0.39, 0.29) is 17.3 Å². The molecule has 2 bridgehead atoms. The lowest BCUT2D eigenvalue weighted by molar-refractivity contribution is -0.133. The number of halogens is 1. The first-order chi connectivity index (χ1) is 13.9. The van der Waals surface area contributed by atoms with E-state index in [1.807, 2.05) is 13.8 Å². The third-order valence-electron chi connectivity index (χ3n) is 6.48. The third kappa shape index (κ3) is 3.65. The van der Waals surface area contributed by atoms with Crippen LogP contribution in [-0.4, -0.2) is 76.1 Å². The zero-order valence-corrected chi connectivity index (χ0v) is 17.0. The Morgan fingerprint density at radius 2 is 2.07 bits per heavy atom. The largest absolute Gasteiger partial charge is 0.376 e. The van der Waals surface area contributed by atoms with Gasteiger partial charge in [0.2, 0.25) is 5.91 Å². The lowest BCUT2D eigenvalue weighted by Gasteiger charge is -2.42. The number of nitrogens with zero attached hydrogens (tertiary/aromatic N) is 3. The van der Waals surface area contributed by atoms with Crippen LogP contribution in [0, 0.1) is 12.7 Å². The van der Waals surface area contributed by atoms with E-state index in [0.29, 0.717) is 31.8 Å². The van der Waals surface area contributed by atoms with Crippen molar-refractivity contribution < 1.29 is 13.9 Å². The van der Waals surface area contributed by atoms with Gasteiger partial charge in [-0.25, -0.2) is 9.37 Å². The van der Waals surface area contributed by atoms with E-state index in [1.54, 1.807) is 0 Å². The van der Waals surface area contributed by atoms with E-state index in [1.165, 1.54) is 12.1 Å². The van der Waals surface area contributed by atoms with Gasteiger partial charge in [0.25, 0.3) is 0 Å². The molecule has 1 aromatic heterocycles. The molecular weight excluding hydrogens is 373 g/mol. The maximum Gasteiger partial charge on any atom is 0.234 e. The second kappa shape index (κ2) is 7.04. The summed E-state index contributed by atoms with van der Waals surface area (Å²) < 4.78 is 18.9. The average molecular weight is 401 g/mol. The molecule has 0 spiro atoms. The molecule has 29 heavy (non-hydrogen) atoms. The minimum Gasteiger partial charge on any atom is -0.376 e. The number of likely N-dealkylation sites (tertiary alicyclic amines) is 1. The maximum atomic E-state index is 13.6. The number of rotatable bonds is 5. The van der Waals surface area contributed by atoms with Gasteiger partial charge >= 0.3 is 0 Å². The van der Waals surface area contributed by atoms with Crippen molar-refractivity contribution in [2.24, 2.45) is 0 Å². The summed E-state index contributed by atoms with van der Waals surface area (Å²) in [5.74, 6) is 0.727. The van der Waals surface area contributed by atoms with Gasteiger partial charge in [0, 0.05) is 25.2 Å². The van der Waals surface area contributed by atoms with E-state index in [9.17, 15) is 9.18 Å². The van der Waals surface area contributed by atoms with Crippen LogP contribution in [-0.2, 0) is 16.1 Å². The molecule has 3 saturated heterocycles. The van der Waals surface area contributed by atoms with Crippen molar-refractivity contribution in [1.82, 2.24) is 25.1 Å². The fraction of sp³-hybridized carbons (Fsp3) is 0.619. The van der Waals surface area contributed by atoms with Gasteiger partial charge in [0.15, 0.2) is 0 Å². The van der Waals surface area contributed by atoms with Gasteiger partial charge in [0.1, 0.15) is 11.6 Å². The first kappa shape index (κ1) is 19.0. The van der Waals surface area contributed by atoms with Crippen molar-refractivity contribution in [1.29, 1.82) is 0 Å². The number of fused-ring (bicyclic) bond motifs is 3. The number of imidazole rings is 1. The maximum absolute atomic E-state index is 13.6. The highest BCUT2D eigenvalue weighted by Crippen LogP contribution is 2.31. The van der Waals surface area contributed by atoms with Crippen molar-refractivity contribution in [2.45, 2.75) is 50.9 Å². The minimum absolute atomic E-state index is 0.0935. The van der Waals surface area contributed by atoms with E-state index < -0.39 is 0 Å². The first-order valence-electron chi connectivity index (χ1n) is 10.4. The Kier molecular flexibility index (Phi) is 4.60. The number of ether oxygens (including phenoxy) is 1. The third-order valence-corrected chi connectivity index (χ3v) is 6.48. The van der Waals surface area contributed by atoms with Gasteiger partial charge in [-0.15, -0.1) is 0 Å². The van der Waals surface area contributed by atoms with Gasteiger partial charge < -0.3 is 15.0 Å². The first-order valence-corrected chi connectivity index (χ1v) is 10.4. The van der Waals surface area contributed by atoms with Gasteiger partial charge in [-0.3, -0.25) is 14.6 Å². The van der Waals surface area contributed by atoms with Crippen LogP contribution in [0.15, 0.2) is 12.1 Å². The number of aromatic nitrogens is 2. The van der Waals surface area contributed by atoms with Gasteiger partial charge in [-0.2, -0.15) is 0 Å². The number of benzene rings is 1. The van der Waals surface area contributed by atoms with Crippen LogP contribution in [0.25, 0.3) is 11.0 Å². The van der Waals surface area contributed by atoms with Gasteiger partial charge in [0.05, 0.1) is 42.9 Å². The molecule has 3 aliphatic heterocycles. The number of amides is 1. The molecule has 3 aliphatic rings. The standard InChI is InChI=1S/C21H28FN5O2/c1-13-5-14(22)6-17-20(13)24-18(23-17)9-26-7-15-3-4-16(8-26)27(15)10-19(28)25-21(2)11-29-12-21/h5-6,15-16H,3-4,7-12H2,1-2H3,(H,23,24)(H,25,28). The lowest BCUT2D eigenvalue weighted by atomic mass is 10.0. The Morgan fingerprint density at radius 3 is 2.72 bits per heavy atom. The molecule has 7 nitrogen and oxygen atoms in total. The molecule has 0 aliphatic carbocycles. The molecule has 0 radical (unpaired) electrons. The topological polar surface area (TPSA) is 73.5 Å². The number of aromatic amines is 1. The molecule has 2 N–H and O–H groups in total. The molecule has 2 atom stereocenters. The number of piperazine rings is 1. The summed E-state index contributed by atoms with van der Waals surface area (Å²) in [6.07, 6.45) is 2.25. The Balaban J connectivity index is 1.22. The van der Waals surface area contributed by atoms with Crippen molar-refractivity contribution in [2.75, 3.05) is 32.8 Å². The monoisotopic (exact) mass is 401 g/mol. The number of H-pyrrole nitrogens is 1. The summed E-state index contributed by atoms with van der Waals surface area (Å²) in [7, 11) is 0. The number of carbonyl (C=O) groups excluding carboxylic acids is 1. The second-order valence-corrected chi connectivity index (χ2v) is 9.16. The number of hydrogen-bond donors (Lipinski definition) is 2. The molecule has 1 aromatic carbocycles. The normalized spacial score (nSPS) is 26.6. The SMILES string of the molecule is Cc1cc(F)cc2[nH]c(CN3CC4CCC(C3)N4CC(=O)NC3(C)COC3)nc12. The summed E-state index contributed by atoms with van der Waals surface area (Å²) in [4.78, 5) is 25.2. The van der Waals surface area contributed by atoms with E-state index in [4.69, 9.17) is 4.74 Å². The fourth-order valence-corrected chi connectivity index (χ4v) is 5.07. The molecule has 2 unspecified atom stereocenters. The summed E-state index contributed by atoms with van der Waals surface area (Å²) in [5.41, 5.74) is 2.25. The highest BCUT2D eigenvalue weighted by atomic mass is 19.1. The molecular formula is C21H28FN5O2. The lowest BCUT2D eigenvalue weighted by Crippen LogP contribution is -2.62. The Hall–Kier alpha value is -2.03. The van der Waals surface area contributed by atoms with Crippen molar-refractivity contribution >= 4 is 16.9 Å². The Morgan fingerprint density at radius 1 is 1.34 bits per heavy atom. The van der Waals surface area contributed by atoms with Crippen LogP contribution in [0.1, 0.15) is 31.2 Å². The smallest absolute Gasteiger partial charge is 0.234 e. The summed E-state index contributed by atoms with van der Waals surface area (Å²) in [6, 6.07) is 3.82. The van der Waals surface area contributed by atoms with E-state index in [0.717, 1.165) is 54.9 Å². The van der Waals surface area contributed by atoms with Crippen molar-refractivity contribution in [3.8, 4) is 0 Å². The van der Waals surface area contributed by atoms with Crippen LogP contribution >= 0.6 is 0 Å². The van der Waals surface area contributed by atoms with Crippen LogP contribution in [0.3, 0.4) is 0 Å². The van der Waals surface area contributed by atoms with E-state index in [2.05, 4.69) is 25.1 Å². The quantitative estimate of drug-likeness (QED) is 0.796. The molecule has 1 amide bonds. The molecule has 4 heterocycles. The molecule has 8 heteroatoms. The number of carbonyl (C=O) groups is 1.